The quantitative estimate of drug-likeness (QED) is 0.602. The number of aromatic nitrogens is 1. The lowest BCUT2D eigenvalue weighted by Gasteiger charge is -2.12. The van der Waals surface area contributed by atoms with Gasteiger partial charge >= 0.3 is 5.97 Å². The summed E-state index contributed by atoms with van der Waals surface area (Å²) in [4.78, 5) is 27.2. The van der Waals surface area contributed by atoms with Gasteiger partial charge in [0.2, 0.25) is 0 Å². The summed E-state index contributed by atoms with van der Waals surface area (Å²) in [7, 11) is 0. The van der Waals surface area contributed by atoms with Gasteiger partial charge in [-0.25, -0.2) is 4.79 Å². The largest absolute Gasteiger partial charge is 0.464 e. The van der Waals surface area contributed by atoms with Gasteiger partial charge in [0.05, 0.1) is 12.2 Å². The molecule has 0 spiro atoms. The molecule has 1 atom stereocenters. The summed E-state index contributed by atoms with van der Waals surface area (Å²) < 4.78 is 4.80. The van der Waals surface area contributed by atoms with E-state index in [2.05, 4.69) is 22.1 Å². The van der Waals surface area contributed by atoms with E-state index in [1.54, 1.807) is 13.8 Å². The Hall–Kier alpha value is -2.39. The topological polar surface area (TPSA) is 88.5 Å². The molecular weight excluding hydrogens is 260 g/mol. The molecule has 1 aromatic rings. The van der Waals surface area contributed by atoms with Crippen LogP contribution in [0.15, 0.2) is 18.5 Å². The number of hydrogen-bond donors (Lipinski definition) is 2. The third-order valence-electron chi connectivity index (χ3n) is 2.30. The number of nitrogens with one attached hydrogen (secondary N) is 1. The maximum absolute atomic E-state index is 11.9. The van der Waals surface area contributed by atoms with Gasteiger partial charge in [-0.2, -0.15) is 0 Å². The first kappa shape index (κ1) is 15.7. The molecular formula is C14H16N2O4. The lowest BCUT2D eigenvalue weighted by Crippen LogP contribution is -2.39. The van der Waals surface area contributed by atoms with Crippen molar-refractivity contribution in [3.63, 3.8) is 0 Å². The predicted octanol–water partition coefficient (Wildman–Crippen LogP) is 0.107. The summed E-state index contributed by atoms with van der Waals surface area (Å²) in [5.74, 6) is 4.18. The first-order valence-electron chi connectivity index (χ1n) is 6.10. The van der Waals surface area contributed by atoms with Crippen LogP contribution in [-0.2, 0) is 9.53 Å². The molecule has 0 fully saturated rings. The van der Waals surface area contributed by atoms with E-state index in [0.29, 0.717) is 5.56 Å². The van der Waals surface area contributed by atoms with Crippen molar-refractivity contribution in [3.05, 3.63) is 29.6 Å². The molecule has 1 aromatic heterocycles. The zero-order valence-electron chi connectivity index (χ0n) is 11.3. The van der Waals surface area contributed by atoms with Crippen LogP contribution in [0.5, 0.6) is 0 Å². The van der Waals surface area contributed by atoms with Gasteiger partial charge in [0.15, 0.2) is 0 Å². The molecule has 0 aromatic carbocycles. The average molecular weight is 276 g/mol. The SMILES string of the molecule is CCOC(=O)C(C)NC(=O)c1cncc(C#CCO)c1. The fourth-order valence-electron chi connectivity index (χ4n) is 1.38. The minimum atomic E-state index is -0.741. The number of rotatable bonds is 4. The van der Waals surface area contributed by atoms with Gasteiger partial charge in [-0.3, -0.25) is 9.78 Å². The molecule has 0 saturated carbocycles. The Bertz CT molecular complexity index is 546. The highest BCUT2D eigenvalue weighted by Crippen LogP contribution is 2.02. The molecule has 0 saturated heterocycles. The molecule has 1 unspecified atom stereocenters. The molecule has 0 radical (unpaired) electrons. The van der Waals surface area contributed by atoms with Crippen LogP contribution in [0.2, 0.25) is 0 Å². The van der Waals surface area contributed by atoms with Crippen molar-refractivity contribution in [1.82, 2.24) is 10.3 Å². The van der Waals surface area contributed by atoms with Crippen LogP contribution in [0.4, 0.5) is 0 Å². The van der Waals surface area contributed by atoms with Crippen molar-refractivity contribution in [3.8, 4) is 11.8 Å². The molecule has 0 aliphatic rings. The summed E-state index contributed by atoms with van der Waals surface area (Å²) >= 11 is 0. The van der Waals surface area contributed by atoms with Gasteiger partial charge in [0, 0.05) is 18.0 Å². The van der Waals surface area contributed by atoms with Crippen LogP contribution < -0.4 is 5.32 Å². The zero-order valence-corrected chi connectivity index (χ0v) is 11.3. The number of pyridine rings is 1. The van der Waals surface area contributed by atoms with Gasteiger partial charge in [0.1, 0.15) is 12.6 Å². The molecule has 6 nitrogen and oxygen atoms in total. The maximum Gasteiger partial charge on any atom is 0.328 e. The van der Waals surface area contributed by atoms with Crippen LogP contribution in [0.25, 0.3) is 0 Å². The number of aliphatic hydroxyl groups is 1. The molecule has 0 aliphatic heterocycles. The third kappa shape index (κ3) is 4.71. The first-order valence-corrected chi connectivity index (χ1v) is 6.10. The van der Waals surface area contributed by atoms with E-state index in [1.165, 1.54) is 18.5 Å². The molecule has 2 N–H and O–H groups in total. The molecule has 1 heterocycles. The van der Waals surface area contributed by atoms with Crippen molar-refractivity contribution < 1.29 is 19.4 Å². The first-order chi connectivity index (χ1) is 9.58. The van der Waals surface area contributed by atoms with Gasteiger partial charge in [-0.15, -0.1) is 0 Å². The second-order valence-electron chi connectivity index (χ2n) is 3.87. The summed E-state index contributed by atoms with van der Waals surface area (Å²) in [6.07, 6.45) is 2.85. The molecule has 1 amide bonds. The lowest BCUT2D eigenvalue weighted by molar-refractivity contribution is -0.144. The van der Waals surface area contributed by atoms with E-state index >= 15 is 0 Å². The predicted molar refractivity (Wildman–Crippen MR) is 71.8 cm³/mol. The van der Waals surface area contributed by atoms with Crippen molar-refractivity contribution in [2.75, 3.05) is 13.2 Å². The molecule has 1 rings (SSSR count). The van der Waals surface area contributed by atoms with Crippen molar-refractivity contribution in [2.45, 2.75) is 19.9 Å². The summed E-state index contributed by atoms with van der Waals surface area (Å²) in [5.41, 5.74) is 0.793. The van der Waals surface area contributed by atoms with Crippen molar-refractivity contribution in [1.29, 1.82) is 0 Å². The van der Waals surface area contributed by atoms with E-state index in [9.17, 15) is 9.59 Å². The minimum absolute atomic E-state index is 0.257. The highest BCUT2D eigenvalue weighted by molar-refractivity contribution is 5.96. The van der Waals surface area contributed by atoms with Crippen molar-refractivity contribution >= 4 is 11.9 Å². The Kier molecular flexibility index (Phi) is 6.20. The van der Waals surface area contributed by atoms with Gasteiger partial charge in [0.25, 0.3) is 5.91 Å². The Balaban J connectivity index is 2.75. The third-order valence-corrected chi connectivity index (χ3v) is 2.30. The molecule has 106 valence electrons. The highest BCUT2D eigenvalue weighted by atomic mass is 16.5. The standard InChI is InChI=1S/C14H16N2O4/c1-3-20-14(19)10(2)16-13(18)12-7-11(5-4-6-17)8-15-9-12/h7-10,17H,3,6H2,1-2H3,(H,16,18). The number of ether oxygens (including phenoxy) is 1. The molecule has 0 bridgehead atoms. The van der Waals surface area contributed by atoms with Crippen LogP contribution in [-0.4, -0.2) is 41.2 Å². The number of carbonyl (C=O) groups is 2. The Morgan fingerprint density at radius 2 is 2.25 bits per heavy atom. The smallest absolute Gasteiger partial charge is 0.328 e. The lowest BCUT2D eigenvalue weighted by atomic mass is 10.2. The van der Waals surface area contributed by atoms with E-state index in [0.717, 1.165) is 0 Å². The summed E-state index contributed by atoms with van der Waals surface area (Å²) in [5, 5.41) is 11.1. The van der Waals surface area contributed by atoms with Crippen LogP contribution >= 0.6 is 0 Å². The maximum atomic E-state index is 11.9. The average Bonchev–Trinajstić information content (AvgIpc) is 2.45. The van der Waals surface area contributed by atoms with Gasteiger partial charge in [-0.1, -0.05) is 11.8 Å². The number of aliphatic hydroxyl groups excluding tert-OH is 1. The summed E-state index contributed by atoms with van der Waals surface area (Å²) in [6.45, 7) is 3.22. The zero-order chi connectivity index (χ0) is 15.0. The number of esters is 1. The van der Waals surface area contributed by atoms with E-state index < -0.39 is 17.9 Å². The number of carbonyl (C=O) groups excluding carboxylic acids is 2. The Labute approximate surface area is 117 Å². The van der Waals surface area contributed by atoms with Crippen LogP contribution in [0.3, 0.4) is 0 Å². The van der Waals surface area contributed by atoms with Crippen molar-refractivity contribution in [2.24, 2.45) is 0 Å². The Morgan fingerprint density at radius 3 is 2.90 bits per heavy atom. The monoisotopic (exact) mass is 276 g/mol. The highest BCUT2D eigenvalue weighted by Gasteiger charge is 2.17. The molecule has 0 aliphatic carbocycles. The number of nitrogens with zero attached hydrogens (tertiary/aromatic N) is 1. The fraction of sp³-hybridized carbons (Fsp3) is 0.357. The second-order valence-corrected chi connectivity index (χ2v) is 3.87. The van der Waals surface area contributed by atoms with Gasteiger partial charge in [-0.05, 0) is 19.9 Å². The summed E-state index contributed by atoms with van der Waals surface area (Å²) in [6, 6.07) is 0.790. The number of hydrogen-bond acceptors (Lipinski definition) is 5. The van der Waals surface area contributed by atoms with E-state index in [1.807, 2.05) is 0 Å². The second kappa shape index (κ2) is 7.92. The number of amides is 1. The van der Waals surface area contributed by atoms with Crippen LogP contribution in [0, 0.1) is 11.8 Å². The molecule has 20 heavy (non-hydrogen) atoms. The van der Waals surface area contributed by atoms with E-state index in [-0.39, 0.29) is 18.8 Å². The van der Waals surface area contributed by atoms with E-state index in [4.69, 9.17) is 9.84 Å². The minimum Gasteiger partial charge on any atom is -0.464 e. The molecule has 6 heteroatoms. The normalized spacial score (nSPS) is 10.9. The fourth-order valence-corrected chi connectivity index (χ4v) is 1.38. The van der Waals surface area contributed by atoms with Gasteiger partial charge < -0.3 is 15.2 Å². The van der Waals surface area contributed by atoms with Crippen LogP contribution in [0.1, 0.15) is 29.8 Å². The Morgan fingerprint density at radius 1 is 1.50 bits per heavy atom.